The minimum absolute atomic E-state index is 0.170. The summed E-state index contributed by atoms with van der Waals surface area (Å²) < 4.78 is 17.1. The van der Waals surface area contributed by atoms with E-state index in [-0.39, 0.29) is 5.82 Å². The Morgan fingerprint density at radius 3 is 2.34 bits per heavy atom. The minimum Gasteiger partial charge on any atom is -0.206 e. The molecule has 0 amide bonds. The highest BCUT2D eigenvalue weighted by atomic mass is 28.3. The van der Waals surface area contributed by atoms with Crippen LogP contribution in [0.25, 0.3) is 33.2 Å². The number of aryl methyl sites for hydroxylation is 2. The van der Waals surface area contributed by atoms with Gasteiger partial charge in [-0.1, -0.05) is 80.0 Å². The topological polar surface area (TPSA) is 3.88 Å². The third-order valence-corrected chi connectivity index (χ3v) is 12.1. The molecule has 1 nitrogen and oxygen atoms in total. The number of rotatable bonds is 4. The molecule has 3 aromatic carbocycles. The molecule has 0 bridgehead atoms. The van der Waals surface area contributed by atoms with E-state index in [0.29, 0.717) is 5.56 Å². The van der Waals surface area contributed by atoms with Gasteiger partial charge in [-0.25, -0.2) is 8.96 Å². The molecule has 0 atom stereocenters. The maximum Gasteiger partial charge on any atom is 0.220 e. The van der Waals surface area contributed by atoms with Crippen LogP contribution in [0.15, 0.2) is 72.9 Å². The van der Waals surface area contributed by atoms with Crippen molar-refractivity contribution in [3.05, 3.63) is 84.3 Å². The van der Waals surface area contributed by atoms with Crippen molar-refractivity contribution in [1.82, 2.24) is 0 Å². The molecule has 0 N–H and O–H groups in total. The third kappa shape index (κ3) is 3.49. The fourth-order valence-electron chi connectivity index (χ4n) is 5.24. The molecule has 0 unspecified atom stereocenters. The van der Waals surface area contributed by atoms with Crippen molar-refractivity contribution in [2.75, 3.05) is 0 Å². The predicted octanol–water partition coefficient (Wildman–Crippen LogP) is 6.92. The summed E-state index contributed by atoms with van der Waals surface area (Å²) in [7, 11) is 0.633. The summed E-state index contributed by atoms with van der Waals surface area (Å²) in [5, 5.41) is 4.06. The summed E-state index contributed by atoms with van der Waals surface area (Å²) in [6, 6.07) is 22.9. The molecule has 3 heteroatoms. The van der Waals surface area contributed by atoms with Crippen molar-refractivity contribution in [3.63, 3.8) is 0 Å². The average Bonchev–Trinajstić information content (AvgIpc) is 2.73. The van der Waals surface area contributed by atoms with Gasteiger partial charge in [0.15, 0.2) is 6.20 Å². The van der Waals surface area contributed by atoms with Gasteiger partial charge in [0.2, 0.25) is 5.69 Å². The van der Waals surface area contributed by atoms with E-state index >= 15 is 0 Å². The lowest BCUT2D eigenvalue weighted by Gasteiger charge is -2.39. The molecule has 162 valence electrons. The number of fused-ring (bicyclic) bond motifs is 1. The lowest BCUT2D eigenvalue weighted by Crippen LogP contribution is -2.48. The van der Waals surface area contributed by atoms with Gasteiger partial charge in [0.25, 0.3) is 0 Å². The second-order valence-corrected chi connectivity index (χ2v) is 14.8. The number of nitrogens with zero attached hydrogens (tertiary/aromatic N) is 1. The Labute approximate surface area is 191 Å². The zero-order valence-electron chi connectivity index (χ0n) is 19.5. The SMILES string of the molecule is Cc1cc(F)c(-c2ccccc2)cc1-c1c2ccc([Si](C)(C)C3CCC3)cc2cc[n+]1C. The molecule has 1 fully saturated rings. The molecular formula is C29H31FNSi+. The Balaban J connectivity index is 1.68. The van der Waals surface area contributed by atoms with Crippen LogP contribution in [0.1, 0.15) is 24.8 Å². The fraction of sp³-hybridized carbons (Fsp3) is 0.276. The van der Waals surface area contributed by atoms with Gasteiger partial charge in [-0.3, -0.25) is 0 Å². The Kier molecular flexibility index (Phi) is 5.25. The zero-order valence-corrected chi connectivity index (χ0v) is 20.5. The van der Waals surface area contributed by atoms with E-state index in [0.717, 1.165) is 27.9 Å². The quantitative estimate of drug-likeness (QED) is 0.240. The van der Waals surface area contributed by atoms with Crippen LogP contribution in [-0.4, -0.2) is 8.07 Å². The van der Waals surface area contributed by atoms with Crippen LogP contribution in [-0.2, 0) is 7.05 Å². The monoisotopic (exact) mass is 440 g/mol. The van der Waals surface area contributed by atoms with Crippen LogP contribution in [0.4, 0.5) is 4.39 Å². The number of hydrogen-bond acceptors (Lipinski definition) is 0. The lowest BCUT2D eigenvalue weighted by molar-refractivity contribution is -0.659. The Morgan fingerprint density at radius 2 is 1.66 bits per heavy atom. The van der Waals surface area contributed by atoms with E-state index < -0.39 is 8.07 Å². The zero-order chi connectivity index (χ0) is 22.5. The van der Waals surface area contributed by atoms with Gasteiger partial charge in [-0.15, -0.1) is 0 Å². The summed E-state index contributed by atoms with van der Waals surface area (Å²) in [5.41, 5.74) is 5.65. The van der Waals surface area contributed by atoms with Gasteiger partial charge < -0.3 is 0 Å². The molecule has 4 aromatic rings. The number of hydrogen-bond donors (Lipinski definition) is 0. The van der Waals surface area contributed by atoms with Crippen LogP contribution in [0.2, 0.25) is 18.6 Å². The van der Waals surface area contributed by atoms with Crippen molar-refractivity contribution < 1.29 is 8.96 Å². The van der Waals surface area contributed by atoms with Crippen molar-refractivity contribution in [2.24, 2.45) is 7.05 Å². The summed E-state index contributed by atoms with van der Waals surface area (Å²) in [6.45, 7) is 7.06. The third-order valence-electron chi connectivity index (χ3n) is 7.66. The summed E-state index contributed by atoms with van der Waals surface area (Å²) in [4.78, 5) is 0. The smallest absolute Gasteiger partial charge is 0.206 e. The predicted molar refractivity (Wildman–Crippen MR) is 135 cm³/mol. The standard InChI is InChI=1S/C29H31FNSi/c1-20-17-28(30)27(21-9-6-5-7-10-21)19-26(20)29-25-14-13-24(18-22(25)15-16-31(29)2)32(3,4)23-11-8-12-23/h5-7,9-10,13-19,23H,8,11-12H2,1-4H3/q+1. The van der Waals surface area contributed by atoms with Crippen molar-refractivity contribution in [2.45, 2.75) is 44.8 Å². The van der Waals surface area contributed by atoms with Crippen LogP contribution in [0, 0.1) is 12.7 Å². The van der Waals surface area contributed by atoms with E-state index in [1.54, 1.807) is 11.3 Å². The summed E-state index contributed by atoms with van der Waals surface area (Å²) in [6.07, 6.45) is 6.32. The first-order chi connectivity index (χ1) is 15.4. The average molecular weight is 441 g/mol. The number of pyridine rings is 1. The van der Waals surface area contributed by atoms with E-state index in [9.17, 15) is 4.39 Å². The first-order valence-corrected chi connectivity index (χ1v) is 14.7. The molecule has 1 aromatic heterocycles. The van der Waals surface area contributed by atoms with Gasteiger partial charge in [-0.2, -0.15) is 0 Å². The van der Waals surface area contributed by atoms with Crippen LogP contribution in [0.5, 0.6) is 0 Å². The van der Waals surface area contributed by atoms with Gasteiger partial charge in [0, 0.05) is 11.6 Å². The molecule has 5 rings (SSSR count). The minimum atomic E-state index is -1.45. The fourth-order valence-corrected chi connectivity index (χ4v) is 8.60. The second-order valence-electron chi connectivity index (χ2n) is 9.94. The summed E-state index contributed by atoms with van der Waals surface area (Å²) in [5.74, 6) is -0.170. The van der Waals surface area contributed by atoms with Gasteiger partial charge >= 0.3 is 0 Å². The molecule has 1 heterocycles. The van der Waals surface area contributed by atoms with Gasteiger partial charge in [-0.05, 0) is 47.2 Å². The molecule has 0 saturated heterocycles. The largest absolute Gasteiger partial charge is 0.220 e. The Hall–Kier alpha value is -2.78. The molecule has 1 aliphatic rings. The maximum atomic E-state index is 14.9. The van der Waals surface area contributed by atoms with Crippen molar-refractivity contribution >= 4 is 24.0 Å². The van der Waals surface area contributed by atoms with E-state index in [1.165, 1.54) is 30.0 Å². The van der Waals surface area contributed by atoms with E-state index in [1.807, 2.05) is 43.3 Å². The van der Waals surface area contributed by atoms with Gasteiger partial charge in [0.05, 0.1) is 19.0 Å². The van der Waals surface area contributed by atoms with Gasteiger partial charge in [0.1, 0.15) is 12.9 Å². The molecule has 1 saturated carbocycles. The highest BCUT2D eigenvalue weighted by Gasteiger charge is 2.37. The molecule has 32 heavy (non-hydrogen) atoms. The number of benzene rings is 3. The lowest BCUT2D eigenvalue weighted by atomic mass is 9.94. The van der Waals surface area contributed by atoms with Crippen LogP contribution < -0.4 is 9.75 Å². The van der Waals surface area contributed by atoms with Crippen LogP contribution in [0.3, 0.4) is 0 Å². The second kappa shape index (κ2) is 7.97. The normalized spacial score (nSPS) is 14.5. The van der Waals surface area contributed by atoms with Crippen molar-refractivity contribution in [3.8, 4) is 22.4 Å². The summed E-state index contributed by atoms with van der Waals surface area (Å²) >= 11 is 0. The van der Waals surface area contributed by atoms with E-state index in [2.05, 4.69) is 55.2 Å². The number of halogens is 1. The van der Waals surface area contributed by atoms with Crippen molar-refractivity contribution in [1.29, 1.82) is 0 Å². The van der Waals surface area contributed by atoms with E-state index in [4.69, 9.17) is 0 Å². The highest BCUT2D eigenvalue weighted by Crippen LogP contribution is 2.41. The molecule has 0 spiro atoms. The molecule has 1 aliphatic carbocycles. The molecular weight excluding hydrogens is 409 g/mol. The first-order valence-electron chi connectivity index (χ1n) is 11.6. The molecule has 0 aliphatic heterocycles. The number of aromatic nitrogens is 1. The Morgan fingerprint density at radius 1 is 0.906 bits per heavy atom. The first kappa shape index (κ1) is 21.1. The van der Waals surface area contributed by atoms with Crippen LogP contribution >= 0.6 is 0 Å². The maximum absolute atomic E-state index is 14.9. The molecule has 0 radical (unpaired) electrons. The highest BCUT2D eigenvalue weighted by molar-refractivity contribution is 6.91. The Bertz CT molecular complexity index is 1310.